The summed E-state index contributed by atoms with van der Waals surface area (Å²) in [4.78, 5) is 31.0. The zero-order valence-electron chi connectivity index (χ0n) is 21.6. The van der Waals surface area contributed by atoms with E-state index in [1.54, 1.807) is 37.6 Å². The Morgan fingerprint density at radius 1 is 0.914 bits per heavy atom. The number of nitrogens with zero attached hydrogens (tertiary/aromatic N) is 2. The maximum atomic E-state index is 13.5. The quantitative estimate of drug-likeness (QED) is 0.290. The molecule has 1 aromatic carbocycles. The van der Waals surface area contributed by atoms with E-state index in [1.165, 1.54) is 0 Å². The first-order valence-corrected chi connectivity index (χ1v) is 13.2. The highest BCUT2D eigenvalue weighted by molar-refractivity contribution is 7.09. The molecule has 0 spiro atoms. The van der Waals surface area contributed by atoms with Crippen molar-refractivity contribution in [3.8, 4) is 11.5 Å². The van der Waals surface area contributed by atoms with E-state index in [1.807, 2.05) is 40.6 Å². The summed E-state index contributed by atoms with van der Waals surface area (Å²) in [5, 5.41) is 2.01. The molecule has 0 fully saturated rings. The van der Waals surface area contributed by atoms with Crippen LogP contribution in [0.2, 0.25) is 0 Å². The summed E-state index contributed by atoms with van der Waals surface area (Å²) in [6, 6.07) is 9.84. The van der Waals surface area contributed by atoms with Crippen LogP contribution in [0.15, 0.2) is 35.7 Å². The minimum absolute atomic E-state index is 0.0406. The van der Waals surface area contributed by atoms with Crippen LogP contribution in [0.25, 0.3) is 0 Å². The normalized spacial score (nSPS) is 10.7. The summed E-state index contributed by atoms with van der Waals surface area (Å²) in [6.45, 7) is 4.36. The lowest BCUT2D eigenvalue weighted by Crippen LogP contribution is -2.43. The van der Waals surface area contributed by atoms with E-state index >= 15 is 0 Å². The molecule has 0 atom stereocenters. The predicted molar refractivity (Wildman–Crippen MR) is 140 cm³/mol. The molecular formula is C27H40N2O5S. The first kappa shape index (κ1) is 28.7. The van der Waals surface area contributed by atoms with Crippen molar-refractivity contribution in [3.05, 3.63) is 46.2 Å². The van der Waals surface area contributed by atoms with E-state index in [0.29, 0.717) is 57.0 Å². The summed E-state index contributed by atoms with van der Waals surface area (Å²) in [6.07, 6.45) is 4.78. The first-order chi connectivity index (χ1) is 17.0. The Hall–Kier alpha value is -2.58. The van der Waals surface area contributed by atoms with Crippen molar-refractivity contribution in [2.24, 2.45) is 0 Å². The SMILES string of the molecule is CCCCCC(=O)N(CCCOC)CC(=O)N(CCc1ccc(OC)c(OC)c1)Cc1cccs1. The van der Waals surface area contributed by atoms with Crippen LogP contribution in [0.1, 0.15) is 49.5 Å². The molecule has 0 N–H and O–H groups in total. The number of rotatable bonds is 17. The minimum Gasteiger partial charge on any atom is -0.493 e. The molecule has 0 aliphatic carbocycles. The van der Waals surface area contributed by atoms with Gasteiger partial charge in [0.05, 0.1) is 27.3 Å². The van der Waals surface area contributed by atoms with Gasteiger partial charge >= 0.3 is 0 Å². The average Bonchev–Trinajstić information content (AvgIpc) is 3.39. The molecule has 0 saturated heterocycles. The highest BCUT2D eigenvalue weighted by Crippen LogP contribution is 2.28. The number of methoxy groups -OCH3 is 3. The number of unbranched alkanes of at least 4 members (excludes halogenated alkanes) is 2. The molecule has 0 aliphatic rings. The summed E-state index contributed by atoms with van der Waals surface area (Å²) >= 11 is 1.63. The van der Waals surface area contributed by atoms with Crippen LogP contribution in [0, 0.1) is 0 Å². The third-order valence-corrected chi connectivity index (χ3v) is 6.71. The van der Waals surface area contributed by atoms with Crippen molar-refractivity contribution >= 4 is 23.2 Å². The minimum atomic E-state index is -0.0415. The Labute approximate surface area is 214 Å². The van der Waals surface area contributed by atoms with E-state index in [2.05, 4.69) is 6.92 Å². The molecule has 0 radical (unpaired) electrons. The fourth-order valence-corrected chi connectivity index (χ4v) is 4.54. The fourth-order valence-electron chi connectivity index (χ4n) is 3.82. The van der Waals surface area contributed by atoms with E-state index < -0.39 is 0 Å². The number of carbonyl (C=O) groups excluding carboxylic acids is 2. The third-order valence-electron chi connectivity index (χ3n) is 5.85. The van der Waals surface area contributed by atoms with Crippen molar-refractivity contribution in [1.29, 1.82) is 0 Å². The summed E-state index contributed by atoms with van der Waals surface area (Å²) < 4.78 is 15.9. The lowest BCUT2D eigenvalue weighted by Gasteiger charge is -2.28. The molecule has 2 amide bonds. The van der Waals surface area contributed by atoms with Gasteiger partial charge in [-0.3, -0.25) is 9.59 Å². The number of hydrogen-bond donors (Lipinski definition) is 0. The van der Waals surface area contributed by atoms with Gasteiger partial charge in [0.2, 0.25) is 11.8 Å². The van der Waals surface area contributed by atoms with Gasteiger partial charge in [-0.05, 0) is 48.4 Å². The van der Waals surface area contributed by atoms with Crippen LogP contribution in [0.3, 0.4) is 0 Å². The fraction of sp³-hybridized carbons (Fsp3) is 0.556. The number of hydrogen-bond acceptors (Lipinski definition) is 6. The van der Waals surface area contributed by atoms with Crippen molar-refractivity contribution in [2.75, 3.05) is 47.6 Å². The number of thiophene rings is 1. The van der Waals surface area contributed by atoms with Crippen LogP contribution in [-0.4, -0.2) is 69.2 Å². The molecule has 2 rings (SSSR count). The summed E-state index contributed by atoms with van der Waals surface area (Å²) in [5.74, 6) is 1.35. The largest absolute Gasteiger partial charge is 0.493 e. The smallest absolute Gasteiger partial charge is 0.242 e. The number of carbonyl (C=O) groups is 2. The van der Waals surface area contributed by atoms with Gasteiger partial charge in [-0.2, -0.15) is 0 Å². The monoisotopic (exact) mass is 504 g/mol. The van der Waals surface area contributed by atoms with Crippen LogP contribution < -0.4 is 9.47 Å². The molecule has 0 bridgehead atoms. The van der Waals surface area contributed by atoms with Crippen LogP contribution >= 0.6 is 11.3 Å². The highest BCUT2D eigenvalue weighted by Gasteiger charge is 2.21. The second-order valence-corrected chi connectivity index (χ2v) is 9.48. The second-order valence-electron chi connectivity index (χ2n) is 8.45. The maximum absolute atomic E-state index is 13.5. The van der Waals surface area contributed by atoms with Crippen LogP contribution in [0.5, 0.6) is 11.5 Å². The predicted octanol–water partition coefficient (Wildman–Crippen LogP) is 4.78. The Kier molecular flexibility index (Phi) is 13.2. The highest BCUT2D eigenvalue weighted by atomic mass is 32.1. The topological polar surface area (TPSA) is 68.3 Å². The second kappa shape index (κ2) is 16.2. The van der Waals surface area contributed by atoms with E-state index in [-0.39, 0.29) is 18.4 Å². The van der Waals surface area contributed by atoms with Gasteiger partial charge in [-0.25, -0.2) is 0 Å². The standard InChI is InChI=1S/C27H40N2O5S/c1-5-6-7-11-26(30)28(15-9-17-32-2)21-27(31)29(20-23-10-8-18-35-23)16-14-22-12-13-24(33-3)25(19-22)34-4/h8,10,12-13,18-19H,5-7,9,11,14-17,20-21H2,1-4H3. The number of benzene rings is 1. The molecular weight excluding hydrogens is 464 g/mol. The zero-order chi connectivity index (χ0) is 25.5. The molecule has 7 nitrogen and oxygen atoms in total. The number of ether oxygens (including phenoxy) is 3. The van der Waals surface area contributed by atoms with Crippen molar-refractivity contribution < 1.29 is 23.8 Å². The average molecular weight is 505 g/mol. The van der Waals surface area contributed by atoms with E-state index in [9.17, 15) is 9.59 Å². The van der Waals surface area contributed by atoms with Crippen molar-refractivity contribution in [3.63, 3.8) is 0 Å². The molecule has 0 saturated carbocycles. The van der Waals surface area contributed by atoms with Gasteiger partial charge < -0.3 is 24.0 Å². The van der Waals surface area contributed by atoms with Gasteiger partial charge in [-0.15, -0.1) is 11.3 Å². The molecule has 194 valence electrons. The van der Waals surface area contributed by atoms with Gasteiger partial charge in [-0.1, -0.05) is 31.9 Å². The Bertz CT molecular complexity index is 888. The maximum Gasteiger partial charge on any atom is 0.242 e. The Morgan fingerprint density at radius 2 is 1.71 bits per heavy atom. The van der Waals surface area contributed by atoms with Crippen LogP contribution in [-0.2, 0) is 27.3 Å². The third kappa shape index (κ3) is 9.90. The van der Waals surface area contributed by atoms with Gasteiger partial charge in [0.25, 0.3) is 0 Å². The summed E-state index contributed by atoms with van der Waals surface area (Å²) in [5.41, 5.74) is 1.05. The molecule has 8 heteroatoms. The van der Waals surface area contributed by atoms with Gasteiger partial charge in [0, 0.05) is 38.1 Å². The molecule has 35 heavy (non-hydrogen) atoms. The molecule has 0 unspecified atom stereocenters. The van der Waals surface area contributed by atoms with Gasteiger partial charge in [0.1, 0.15) is 0 Å². The first-order valence-electron chi connectivity index (χ1n) is 12.3. The van der Waals surface area contributed by atoms with Crippen LogP contribution in [0.4, 0.5) is 0 Å². The Balaban J connectivity index is 2.11. The summed E-state index contributed by atoms with van der Waals surface area (Å²) in [7, 11) is 4.88. The van der Waals surface area contributed by atoms with Crippen molar-refractivity contribution in [2.45, 2.75) is 52.0 Å². The molecule has 2 aromatic rings. The lowest BCUT2D eigenvalue weighted by atomic mass is 10.1. The van der Waals surface area contributed by atoms with E-state index in [0.717, 1.165) is 29.7 Å². The molecule has 1 aromatic heterocycles. The number of amides is 2. The van der Waals surface area contributed by atoms with Crippen molar-refractivity contribution in [1.82, 2.24) is 9.80 Å². The molecule has 1 heterocycles. The van der Waals surface area contributed by atoms with Gasteiger partial charge in [0.15, 0.2) is 11.5 Å². The zero-order valence-corrected chi connectivity index (χ0v) is 22.4. The van der Waals surface area contributed by atoms with E-state index in [4.69, 9.17) is 14.2 Å². The lowest BCUT2D eigenvalue weighted by molar-refractivity contribution is -0.141. The molecule has 0 aliphatic heterocycles. The Morgan fingerprint density at radius 3 is 2.37 bits per heavy atom.